The summed E-state index contributed by atoms with van der Waals surface area (Å²) in [5.74, 6) is 0. The molecular weight excluding hydrogens is 225 g/mol. The van der Waals surface area contributed by atoms with Gasteiger partial charge < -0.3 is 0 Å². The van der Waals surface area contributed by atoms with Gasteiger partial charge >= 0.3 is 73.9 Å². The maximum absolute atomic E-state index is 4.30. The molecule has 11 heavy (non-hydrogen) atoms. The van der Waals surface area contributed by atoms with Crippen LogP contribution in [0.1, 0.15) is 5.01 Å². The maximum atomic E-state index is 4.30. The van der Waals surface area contributed by atoms with Crippen LogP contribution < -0.4 is 0 Å². The van der Waals surface area contributed by atoms with Crippen molar-refractivity contribution in [3.63, 3.8) is 0 Å². The van der Waals surface area contributed by atoms with Gasteiger partial charge in [-0.25, -0.2) is 0 Å². The zero-order valence-corrected chi connectivity index (χ0v) is 8.34. The van der Waals surface area contributed by atoms with Gasteiger partial charge in [0.1, 0.15) is 0 Å². The molecule has 2 aromatic rings. The first-order valence-electron chi connectivity index (χ1n) is 3.06. The van der Waals surface area contributed by atoms with Gasteiger partial charge in [0.25, 0.3) is 0 Å². The Morgan fingerprint density at radius 1 is 1.45 bits per heavy atom. The Labute approximate surface area is 74.1 Å². The molecule has 56 valence electrons. The Morgan fingerprint density at radius 2 is 2.36 bits per heavy atom. The van der Waals surface area contributed by atoms with E-state index in [1.807, 2.05) is 17.2 Å². The van der Waals surface area contributed by atoms with E-state index in [-0.39, 0.29) is 14.7 Å². The summed E-state index contributed by atoms with van der Waals surface area (Å²) in [6.45, 7) is 1.99. The van der Waals surface area contributed by atoms with Gasteiger partial charge in [-0.15, -0.1) is 0 Å². The Kier molecular flexibility index (Phi) is 1.85. The molecule has 2 aromatic heterocycles. The molecule has 0 fully saturated rings. The SMILES string of the molecule is Cc1nc(-c2c[se]nn2)cs1. The molecule has 0 unspecified atom stereocenters. The third-order valence-electron chi connectivity index (χ3n) is 1.24. The Hall–Kier alpha value is -0.511. The molecule has 0 aromatic carbocycles. The van der Waals surface area contributed by atoms with Crippen LogP contribution in [0.4, 0.5) is 0 Å². The van der Waals surface area contributed by atoms with Crippen molar-refractivity contribution in [1.29, 1.82) is 0 Å². The second-order valence-electron chi connectivity index (χ2n) is 2.04. The first kappa shape index (κ1) is 7.16. The Bertz CT molecular complexity index is 340. The first-order valence-corrected chi connectivity index (χ1v) is 5.69. The molecule has 0 bridgehead atoms. The van der Waals surface area contributed by atoms with Crippen LogP contribution in [-0.2, 0) is 0 Å². The molecule has 0 aliphatic carbocycles. The van der Waals surface area contributed by atoms with Gasteiger partial charge in [0, 0.05) is 0 Å². The van der Waals surface area contributed by atoms with Crippen LogP contribution in [0.5, 0.6) is 0 Å². The van der Waals surface area contributed by atoms with Crippen molar-refractivity contribution in [1.82, 2.24) is 14.2 Å². The normalized spacial score (nSPS) is 10.3. The second kappa shape index (κ2) is 2.85. The molecule has 0 spiro atoms. The van der Waals surface area contributed by atoms with Gasteiger partial charge in [-0.05, 0) is 0 Å². The minimum atomic E-state index is 0.215. The molecule has 5 heteroatoms. The van der Waals surface area contributed by atoms with Crippen molar-refractivity contribution in [2.75, 3.05) is 0 Å². The Morgan fingerprint density at radius 3 is 2.91 bits per heavy atom. The molecule has 0 radical (unpaired) electrons. The quantitative estimate of drug-likeness (QED) is 0.685. The van der Waals surface area contributed by atoms with Crippen molar-refractivity contribution in [2.24, 2.45) is 0 Å². The van der Waals surface area contributed by atoms with Gasteiger partial charge in [-0.3, -0.25) is 0 Å². The van der Waals surface area contributed by atoms with E-state index in [0.29, 0.717) is 0 Å². The predicted octanol–water partition coefficient (Wildman–Crippen LogP) is 0.966. The molecule has 0 saturated heterocycles. The summed E-state index contributed by atoms with van der Waals surface area (Å²) in [4.78, 5) is 6.34. The van der Waals surface area contributed by atoms with Gasteiger partial charge in [0.05, 0.1) is 0 Å². The molecule has 0 aliphatic rings. The zero-order chi connectivity index (χ0) is 7.68. The number of rotatable bonds is 1. The number of nitrogens with zero attached hydrogens (tertiary/aromatic N) is 3. The van der Waals surface area contributed by atoms with E-state index in [9.17, 15) is 0 Å². The summed E-state index contributed by atoms with van der Waals surface area (Å²) < 4.78 is 3.91. The molecular formula is C6H5N3SSe. The van der Waals surface area contributed by atoms with Gasteiger partial charge in [-0.1, -0.05) is 0 Å². The standard InChI is InChI=1S/C6H5N3SSe/c1-4-7-5(2-10-4)6-3-11-9-8-6/h2-3H,1H3. The number of aryl methyl sites for hydroxylation is 1. The molecule has 0 N–H and O–H groups in total. The van der Waals surface area contributed by atoms with Crippen LogP contribution in [0.3, 0.4) is 0 Å². The van der Waals surface area contributed by atoms with E-state index in [1.54, 1.807) is 11.3 Å². The van der Waals surface area contributed by atoms with Gasteiger partial charge in [0.15, 0.2) is 0 Å². The van der Waals surface area contributed by atoms with Crippen LogP contribution in [0, 0.1) is 6.92 Å². The van der Waals surface area contributed by atoms with Crippen LogP contribution >= 0.6 is 11.3 Å². The van der Waals surface area contributed by atoms with Crippen molar-refractivity contribution < 1.29 is 0 Å². The fraction of sp³-hybridized carbons (Fsp3) is 0.167. The number of thiazole rings is 1. The predicted molar refractivity (Wildman–Crippen MR) is 44.8 cm³/mol. The van der Waals surface area contributed by atoms with Gasteiger partial charge in [0.2, 0.25) is 0 Å². The van der Waals surface area contributed by atoms with Crippen LogP contribution in [0.25, 0.3) is 11.4 Å². The summed E-state index contributed by atoms with van der Waals surface area (Å²) in [5.41, 5.74) is 1.91. The van der Waals surface area contributed by atoms with E-state index in [2.05, 4.69) is 14.2 Å². The molecule has 0 atom stereocenters. The van der Waals surface area contributed by atoms with Crippen LogP contribution in [-0.4, -0.2) is 28.9 Å². The first-order chi connectivity index (χ1) is 5.36. The van der Waals surface area contributed by atoms with E-state index < -0.39 is 0 Å². The van der Waals surface area contributed by atoms with E-state index in [1.165, 1.54) is 0 Å². The summed E-state index contributed by atoms with van der Waals surface area (Å²) in [6, 6.07) is 0. The topological polar surface area (TPSA) is 38.7 Å². The van der Waals surface area contributed by atoms with E-state index in [0.717, 1.165) is 16.4 Å². The molecule has 0 aliphatic heterocycles. The van der Waals surface area contributed by atoms with Crippen LogP contribution in [0.15, 0.2) is 10.3 Å². The second-order valence-corrected chi connectivity index (χ2v) is 4.38. The summed E-state index contributed by atoms with van der Waals surface area (Å²) in [6.07, 6.45) is 0. The van der Waals surface area contributed by atoms with Crippen molar-refractivity contribution >= 4 is 26.1 Å². The third-order valence-corrected chi connectivity index (χ3v) is 3.07. The fourth-order valence-corrected chi connectivity index (χ4v) is 2.31. The molecule has 2 rings (SSSR count). The monoisotopic (exact) mass is 231 g/mol. The molecule has 0 saturated carbocycles. The zero-order valence-electron chi connectivity index (χ0n) is 5.81. The summed E-state index contributed by atoms with van der Waals surface area (Å²) >= 11 is 1.86. The van der Waals surface area contributed by atoms with E-state index >= 15 is 0 Å². The van der Waals surface area contributed by atoms with Crippen molar-refractivity contribution in [3.05, 3.63) is 15.3 Å². The number of aromatic nitrogens is 3. The number of hydrogen-bond acceptors (Lipinski definition) is 4. The average Bonchev–Trinajstić information content (AvgIpc) is 2.55. The average molecular weight is 230 g/mol. The van der Waals surface area contributed by atoms with Crippen molar-refractivity contribution in [3.8, 4) is 11.4 Å². The van der Waals surface area contributed by atoms with Crippen molar-refractivity contribution in [2.45, 2.75) is 6.92 Å². The minimum absolute atomic E-state index is 0.215. The van der Waals surface area contributed by atoms with E-state index in [4.69, 9.17) is 0 Å². The van der Waals surface area contributed by atoms with Gasteiger partial charge in [-0.2, -0.15) is 0 Å². The fourth-order valence-electron chi connectivity index (χ4n) is 0.757. The summed E-state index contributed by atoms with van der Waals surface area (Å²) in [5, 5.41) is 7.07. The Balaban J connectivity index is 2.45. The molecule has 2 heterocycles. The van der Waals surface area contributed by atoms with Crippen LogP contribution in [0.2, 0.25) is 0 Å². The molecule has 3 nitrogen and oxygen atoms in total. The summed E-state index contributed by atoms with van der Waals surface area (Å²) in [7, 11) is 0. The molecule has 0 amide bonds. The third kappa shape index (κ3) is 1.40. The number of hydrogen-bond donors (Lipinski definition) is 0.